The van der Waals surface area contributed by atoms with E-state index >= 15 is 0 Å². The molecule has 0 saturated carbocycles. The molecule has 1 N–H and O–H groups in total. The lowest BCUT2D eigenvalue weighted by atomic mass is 9.80. The first-order chi connectivity index (χ1) is 12.1. The predicted octanol–water partition coefficient (Wildman–Crippen LogP) is 1.32. The maximum Gasteiger partial charge on any atom is 0.243 e. The topological polar surface area (TPSA) is 66.4 Å². The minimum Gasteiger partial charge on any atom is -0.381 e. The summed E-state index contributed by atoms with van der Waals surface area (Å²) in [5, 5.41) is 3.47. The molecule has 0 radical (unpaired) electrons. The highest BCUT2D eigenvalue weighted by Gasteiger charge is 2.40. The molecule has 1 unspecified atom stereocenters. The second-order valence-corrected chi connectivity index (χ2v) is 7.73. The standard InChI is InChI=1S/C18H32N4O3.HI/c1-21(2)16(23)13-20-17(19-12-15-4-3-9-25-15)22-8-5-18(14-22)6-10-24-11-7-18;/h15H,3-14H2,1-2H3,(H,19,20);1H. The van der Waals surface area contributed by atoms with Gasteiger partial charge in [-0.05, 0) is 37.5 Å². The first kappa shape index (κ1) is 21.7. The van der Waals surface area contributed by atoms with Crippen LogP contribution in [0.4, 0.5) is 0 Å². The van der Waals surface area contributed by atoms with E-state index in [0.717, 1.165) is 71.1 Å². The van der Waals surface area contributed by atoms with Gasteiger partial charge in [0.2, 0.25) is 5.91 Å². The molecule has 8 heteroatoms. The van der Waals surface area contributed by atoms with Crippen molar-refractivity contribution < 1.29 is 14.3 Å². The third-order valence-electron chi connectivity index (χ3n) is 5.67. The van der Waals surface area contributed by atoms with Crippen LogP contribution in [0.25, 0.3) is 0 Å². The molecule has 1 spiro atoms. The van der Waals surface area contributed by atoms with E-state index in [-0.39, 0.29) is 42.5 Å². The number of amides is 1. The fourth-order valence-corrected chi connectivity index (χ4v) is 3.89. The fraction of sp³-hybridized carbons (Fsp3) is 0.889. The zero-order valence-electron chi connectivity index (χ0n) is 16.0. The average Bonchev–Trinajstić information content (AvgIpc) is 3.26. The van der Waals surface area contributed by atoms with Gasteiger partial charge in [0.15, 0.2) is 5.96 Å². The third kappa shape index (κ3) is 5.69. The Bertz CT molecular complexity index is 489. The molecule has 0 aliphatic carbocycles. The van der Waals surface area contributed by atoms with Crippen LogP contribution in [0.1, 0.15) is 32.1 Å². The van der Waals surface area contributed by atoms with Crippen LogP contribution in [0.5, 0.6) is 0 Å². The number of carbonyl (C=O) groups excluding carboxylic acids is 1. The number of hydrogen-bond acceptors (Lipinski definition) is 4. The number of carbonyl (C=O) groups is 1. The number of halogens is 1. The number of hydrogen-bond donors (Lipinski definition) is 1. The van der Waals surface area contributed by atoms with E-state index in [1.807, 2.05) is 0 Å². The number of nitrogens with zero attached hydrogens (tertiary/aromatic N) is 3. The van der Waals surface area contributed by atoms with Gasteiger partial charge in [-0.1, -0.05) is 0 Å². The summed E-state index contributed by atoms with van der Waals surface area (Å²) in [7, 11) is 3.54. The molecular formula is C18H33IN4O3. The van der Waals surface area contributed by atoms with Crippen LogP contribution in [-0.2, 0) is 14.3 Å². The molecule has 3 aliphatic rings. The van der Waals surface area contributed by atoms with Gasteiger partial charge < -0.3 is 24.6 Å². The summed E-state index contributed by atoms with van der Waals surface area (Å²) in [5.74, 6) is 0.880. The van der Waals surface area contributed by atoms with Crippen molar-refractivity contribution in [3.8, 4) is 0 Å². The Balaban J connectivity index is 0.00000243. The quantitative estimate of drug-likeness (QED) is 0.374. The molecule has 0 aromatic heterocycles. The van der Waals surface area contributed by atoms with Gasteiger partial charge in [0, 0.05) is 53.6 Å². The van der Waals surface area contributed by atoms with Crippen molar-refractivity contribution in [2.45, 2.75) is 38.2 Å². The Labute approximate surface area is 173 Å². The summed E-state index contributed by atoms with van der Waals surface area (Å²) in [6.45, 7) is 5.53. The van der Waals surface area contributed by atoms with Gasteiger partial charge in [-0.3, -0.25) is 4.79 Å². The van der Waals surface area contributed by atoms with Crippen LogP contribution in [0, 0.1) is 5.41 Å². The van der Waals surface area contributed by atoms with Crippen molar-refractivity contribution in [3.63, 3.8) is 0 Å². The van der Waals surface area contributed by atoms with Gasteiger partial charge in [0.25, 0.3) is 0 Å². The lowest BCUT2D eigenvalue weighted by Crippen LogP contribution is -2.45. The number of likely N-dealkylation sites (tertiary alicyclic amines) is 1. The Morgan fingerprint density at radius 1 is 1.27 bits per heavy atom. The monoisotopic (exact) mass is 480 g/mol. The number of rotatable bonds is 4. The molecule has 0 bridgehead atoms. The van der Waals surface area contributed by atoms with E-state index in [9.17, 15) is 4.79 Å². The lowest BCUT2D eigenvalue weighted by molar-refractivity contribution is -0.127. The summed E-state index contributed by atoms with van der Waals surface area (Å²) >= 11 is 0. The maximum atomic E-state index is 11.9. The summed E-state index contributed by atoms with van der Waals surface area (Å²) < 4.78 is 11.3. The highest BCUT2D eigenvalue weighted by atomic mass is 127. The smallest absolute Gasteiger partial charge is 0.243 e. The fourth-order valence-electron chi connectivity index (χ4n) is 3.89. The van der Waals surface area contributed by atoms with Crippen molar-refractivity contribution in [2.75, 3.05) is 60.1 Å². The first-order valence-electron chi connectivity index (χ1n) is 9.51. The molecule has 1 amide bonds. The Morgan fingerprint density at radius 3 is 2.69 bits per heavy atom. The van der Waals surface area contributed by atoms with Gasteiger partial charge in [-0.15, -0.1) is 24.0 Å². The molecule has 1 atom stereocenters. The Hall–Kier alpha value is -0.610. The van der Waals surface area contributed by atoms with Crippen LogP contribution in [0.2, 0.25) is 0 Å². The first-order valence-corrected chi connectivity index (χ1v) is 9.51. The minimum atomic E-state index is 0. The van der Waals surface area contributed by atoms with Crippen LogP contribution in [0.3, 0.4) is 0 Å². The largest absolute Gasteiger partial charge is 0.381 e. The third-order valence-corrected chi connectivity index (χ3v) is 5.67. The van der Waals surface area contributed by atoms with Gasteiger partial charge >= 0.3 is 0 Å². The van der Waals surface area contributed by atoms with Gasteiger partial charge in [0.1, 0.15) is 6.54 Å². The zero-order chi connectivity index (χ0) is 17.7. The summed E-state index contributed by atoms with van der Waals surface area (Å²) in [6.07, 6.45) is 5.91. The number of guanidine groups is 1. The summed E-state index contributed by atoms with van der Waals surface area (Å²) in [6, 6.07) is 0. The number of ether oxygens (including phenoxy) is 2. The van der Waals surface area contributed by atoms with E-state index in [4.69, 9.17) is 9.47 Å². The lowest BCUT2D eigenvalue weighted by Gasteiger charge is -2.33. The zero-order valence-corrected chi connectivity index (χ0v) is 18.4. The van der Waals surface area contributed by atoms with Crippen molar-refractivity contribution in [2.24, 2.45) is 10.4 Å². The average molecular weight is 480 g/mol. The summed E-state index contributed by atoms with van der Waals surface area (Å²) in [4.78, 5) is 20.5. The van der Waals surface area contributed by atoms with Crippen molar-refractivity contribution in [1.82, 2.24) is 15.1 Å². The van der Waals surface area contributed by atoms with Gasteiger partial charge in [-0.25, -0.2) is 4.99 Å². The molecule has 3 heterocycles. The molecule has 3 fully saturated rings. The molecule has 3 rings (SSSR count). The molecule has 3 saturated heterocycles. The van der Waals surface area contributed by atoms with E-state index < -0.39 is 0 Å². The van der Waals surface area contributed by atoms with E-state index in [2.05, 4.69) is 15.2 Å². The van der Waals surface area contributed by atoms with Crippen molar-refractivity contribution >= 4 is 35.8 Å². The number of likely N-dealkylation sites (N-methyl/N-ethyl adjacent to an activating group) is 1. The number of nitrogens with one attached hydrogen (secondary N) is 1. The second-order valence-electron chi connectivity index (χ2n) is 7.73. The van der Waals surface area contributed by atoms with Crippen LogP contribution in [-0.4, -0.2) is 87.9 Å². The predicted molar refractivity (Wildman–Crippen MR) is 112 cm³/mol. The summed E-state index contributed by atoms with van der Waals surface area (Å²) in [5.41, 5.74) is 0.357. The van der Waals surface area contributed by atoms with Gasteiger partial charge in [0.05, 0.1) is 6.10 Å². The highest BCUT2D eigenvalue weighted by Crippen LogP contribution is 2.39. The maximum absolute atomic E-state index is 11.9. The molecule has 0 aromatic rings. The highest BCUT2D eigenvalue weighted by molar-refractivity contribution is 14.0. The van der Waals surface area contributed by atoms with E-state index in [0.29, 0.717) is 5.41 Å². The normalized spacial score (nSPS) is 25.2. The molecule has 7 nitrogen and oxygen atoms in total. The molecule has 26 heavy (non-hydrogen) atoms. The van der Waals surface area contributed by atoms with Crippen molar-refractivity contribution in [3.05, 3.63) is 0 Å². The van der Waals surface area contributed by atoms with Gasteiger partial charge in [-0.2, -0.15) is 0 Å². The molecule has 0 aromatic carbocycles. The minimum absolute atomic E-state index is 0. The molecule has 150 valence electrons. The van der Waals surface area contributed by atoms with Crippen molar-refractivity contribution in [1.29, 1.82) is 0 Å². The van der Waals surface area contributed by atoms with E-state index in [1.54, 1.807) is 19.0 Å². The van der Waals surface area contributed by atoms with E-state index in [1.165, 1.54) is 6.42 Å². The second kappa shape index (κ2) is 10.1. The Kier molecular flexibility index (Phi) is 8.41. The molecular weight excluding hydrogens is 447 g/mol. The van der Waals surface area contributed by atoms with Crippen LogP contribution < -0.4 is 5.32 Å². The Morgan fingerprint density at radius 2 is 2.04 bits per heavy atom. The number of aliphatic imine (C=N–C) groups is 1. The van der Waals surface area contributed by atoms with Crippen LogP contribution >= 0.6 is 24.0 Å². The SMILES string of the molecule is CN(C)C(=O)CN=C(NCC1CCCO1)N1CCC2(CCOCC2)C1.I. The van der Waals surface area contributed by atoms with Crippen LogP contribution in [0.15, 0.2) is 4.99 Å². The molecule has 3 aliphatic heterocycles.